The number of hydrogen-bond donors (Lipinski definition) is 2. The third-order valence-electron chi connectivity index (χ3n) is 2.96. The van der Waals surface area contributed by atoms with Gasteiger partial charge in [-0.1, -0.05) is 12.1 Å². The van der Waals surface area contributed by atoms with Crippen LogP contribution in [0.4, 0.5) is 5.69 Å². The molecular weight excluding hydrogens is 290 g/mol. The molecule has 0 aliphatic carbocycles. The molecule has 2 rings (SSSR count). The molecule has 0 saturated carbocycles. The van der Waals surface area contributed by atoms with Crippen molar-refractivity contribution in [1.82, 2.24) is 0 Å². The topological polar surface area (TPSA) is 75.6 Å². The van der Waals surface area contributed by atoms with Crippen LogP contribution < -0.4 is 10.1 Å². The number of amides is 1. The third kappa shape index (κ3) is 3.61. The monoisotopic (exact) mass is 305 g/mol. The minimum atomic E-state index is -1.03. The summed E-state index contributed by atoms with van der Waals surface area (Å²) in [6, 6.07) is 7.16. The second kappa shape index (κ2) is 6.41. The van der Waals surface area contributed by atoms with Crippen LogP contribution in [0.1, 0.15) is 20.8 Å². The summed E-state index contributed by atoms with van der Waals surface area (Å²) in [5, 5.41) is 13.5. The number of carboxylic acids is 1. The highest BCUT2D eigenvalue weighted by Gasteiger charge is 2.17. The van der Waals surface area contributed by atoms with Gasteiger partial charge in [-0.3, -0.25) is 4.79 Å². The van der Waals surface area contributed by atoms with Crippen molar-refractivity contribution in [3.8, 4) is 5.75 Å². The number of methoxy groups -OCH3 is 1. The highest BCUT2D eigenvalue weighted by Crippen LogP contribution is 2.27. The lowest BCUT2D eigenvalue weighted by Gasteiger charge is -2.07. The Labute approximate surface area is 126 Å². The number of aryl methyl sites for hydroxylation is 1. The van der Waals surface area contributed by atoms with Crippen molar-refractivity contribution >= 4 is 28.9 Å². The summed E-state index contributed by atoms with van der Waals surface area (Å²) in [7, 11) is 1.58. The Balaban J connectivity index is 2.08. The van der Waals surface area contributed by atoms with Crippen LogP contribution >= 0.6 is 11.3 Å². The summed E-state index contributed by atoms with van der Waals surface area (Å²) < 4.78 is 5.05. The smallest absolute Gasteiger partial charge is 0.348 e. The number of rotatable bonds is 5. The standard InChI is InChI=1S/C15H15NO4S/c1-9-8-21-14(15(18)19)13(9)16-12(17)7-10-3-5-11(20-2)6-4-10/h3-6,8H,7H2,1-2H3,(H,16,17)(H,18,19). The number of carboxylic acid groups (broad SMARTS) is 1. The third-order valence-corrected chi connectivity index (χ3v) is 4.04. The summed E-state index contributed by atoms with van der Waals surface area (Å²) >= 11 is 1.11. The van der Waals surface area contributed by atoms with E-state index in [-0.39, 0.29) is 17.2 Å². The molecule has 2 N–H and O–H groups in total. The zero-order valence-corrected chi connectivity index (χ0v) is 12.5. The molecule has 0 bridgehead atoms. The Morgan fingerprint density at radius 1 is 1.29 bits per heavy atom. The number of anilines is 1. The molecule has 2 aromatic rings. The predicted molar refractivity (Wildman–Crippen MR) is 81.3 cm³/mol. The summed E-state index contributed by atoms with van der Waals surface area (Å²) in [4.78, 5) is 23.3. The number of benzene rings is 1. The molecule has 0 aliphatic rings. The lowest BCUT2D eigenvalue weighted by atomic mass is 10.1. The SMILES string of the molecule is COc1ccc(CC(=O)Nc2c(C)csc2C(=O)O)cc1. The van der Waals surface area contributed by atoms with Crippen LogP contribution in [-0.2, 0) is 11.2 Å². The van der Waals surface area contributed by atoms with E-state index in [4.69, 9.17) is 9.84 Å². The molecule has 0 fully saturated rings. The fourth-order valence-electron chi connectivity index (χ4n) is 1.87. The molecule has 1 aromatic heterocycles. The van der Waals surface area contributed by atoms with E-state index in [9.17, 15) is 9.59 Å². The number of carbonyl (C=O) groups excluding carboxylic acids is 1. The highest BCUT2D eigenvalue weighted by molar-refractivity contribution is 7.12. The minimum Gasteiger partial charge on any atom is -0.497 e. The maximum Gasteiger partial charge on any atom is 0.348 e. The molecule has 1 heterocycles. The molecule has 6 heteroatoms. The normalized spacial score (nSPS) is 10.2. The van der Waals surface area contributed by atoms with Gasteiger partial charge in [-0.15, -0.1) is 11.3 Å². The summed E-state index contributed by atoms with van der Waals surface area (Å²) in [5.41, 5.74) is 1.96. The molecule has 0 unspecified atom stereocenters. The Hall–Kier alpha value is -2.34. The summed E-state index contributed by atoms with van der Waals surface area (Å²) in [6.45, 7) is 1.77. The predicted octanol–water partition coefficient (Wildman–Crippen LogP) is 2.94. The molecule has 5 nitrogen and oxygen atoms in total. The van der Waals surface area contributed by atoms with Crippen molar-refractivity contribution in [1.29, 1.82) is 0 Å². The van der Waals surface area contributed by atoms with E-state index < -0.39 is 5.97 Å². The van der Waals surface area contributed by atoms with Gasteiger partial charge in [0, 0.05) is 0 Å². The van der Waals surface area contributed by atoms with Gasteiger partial charge in [0.15, 0.2) is 0 Å². The van der Waals surface area contributed by atoms with Crippen molar-refractivity contribution in [2.75, 3.05) is 12.4 Å². The van der Waals surface area contributed by atoms with Crippen molar-refractivity contribution in [3.05, 3.63) is 45.6 Å². The second-order valence-electron chi connectivity index (χ2n) is 4.50. The van der Waals surface area contributed by atoms with Gasteiger partial charge in [-0.05, 0) is 35.6 Å². The van der Waals surface area contributed by atoms with E-state index in [1.54, 1.807) is 43.7 Å². The second-order valence-corrected chi connectivity index (χ2v) is 5.38. The molecule has 21 heavy (non-hydrogen) atoms. The Morgan fingerprint density at radius 2 is 1.95 bits per heavy atom. The zero-order valence-electron chi connectivity index (χ0n) is 11.7. The van der Waals surface area contributed by atoms with Crippen LogP contribution in [0.2, 0.25) is 0 Å². The average Bonchev–Trinajstić information content (AvgIpc) is 2.81. The van der Waals surface area contributed by atoms with Crippen molar-refractivity contribution < 1.29 is 19.4 Å². The molecule has 1 amide bonds. The number of nitrogens with one attached hydrogen (secondary N) is 1. The first-order chi connectivity index (χ1) is 10.0. The molecule has 0 atom stereocenters. The first-order valence-corrected chi connectivity index (χ1v) is 7.13. The molecular formula is C15H15NO4S. The molecule has 0 spiro atoms. The van der Waals surface area contributed by atoms with E-state index in [0.717, 1.165) is 28.2 Å². The number of carbonyl (C=O) groups is 2. The first kappa shape index (κ1) is 15.1. The quantitative estimate of drug-likeness (QED) is 0.890. The van der Waals surface area contributed by atoms with Gasteiger partial charge in [-0.25, -0.2) is 4.79 Å². The largest absolute Gasteiger partial charge is 0.497 e. The van der Waals surface area contributed by atoms with Crippen molar-refractivity contribution in [2.24, 2.45) is 0 Å². The Morgan fingerprint density at radius 3 is 2.52 bits per heavy atom. The number of ether oxygens (including phenoxy) is 1. The fraction of sp³-hybridized carbons (Fsp3) is 0.200. The summed E-state index contributed by atoms with van der Waals surface area (Å²) in [5.74, 6) is -0.557. The highest BCUT2D eigenvalue weighted by atomic mass is 32.1. The van der Waals surface area contributed by atoms with Gasteiger partial charge >= 0.3 is 5.97 Å². The van der Waals surface area contributed by atoms with Crippen LogP contribution in [0.25, 0.3) is 0 Å². The van der Waals surface area contributed by atoms with Crippen LogP contribution in [0.3, 0.4) is 0 Å². The summed E-state index contributed by atoms with van der Waals surface area (Å²) in [6.07, 6.45) is 0.179. The van der Waals surface area contributed by atoms with Crippen molar-refractivity contribution in [3.63, 3.8) is 0 Å². The molecule has 0 radical (unpaired) electrons. The van der Waals surface area contributed by atoms with E-state index in [1.165, 1.54) is 0 Å². The van der Waals surface area contributed by atoms with Crippen LogP contribution in [-0.4, -0.2) is 24.1 Å². The fourth-order valence-corrected chi connectivity index (χ4v) is 2.71. The molecule has 1 aromatic carbocycles. The maximum absolute atomic E-state index is 12.0. The van der Waals surface area contributed by atoms with Crippen LogP contribution in [0.15, 0.2) is 29.6 Å². The zero-order chi connectivity index (χ0) is 15.4. The Kier molecular flexibility index (Phi) is 4.59. The van der Waals surface area contributed by atoms with E-state index in [2.05, 4.69) is 5.32 Å². The number of aromatic carboxylic acids is 1. The van der Waals surface area contributed by atoms with Gasteiger partial charge in [0.1, 0.15) is 10.6 Å². The lowest BCUT2D eigenvalue weighted by molar-refractivity contribution is -0.115. The minimum absolute atomic E-state index is 0.149. The van der Waals surface area contributed by atoms with Gasteiger partial charge in [0.2, 0.25) is 5.91 Å². The number of hydrogen-bond acceptors (Lipinski definition) is 4. The van der Waals surface area contributed by atoms with E-state index in [0.29, 0.717) is 5.69 Å². The van der Waals surface area contributed by atoms with Crippen molar-refractivity contribution in [2.45, 2.75) is 13.3 Å². The first-order valence-electron chi connectivity index (χ1n) is 6.25. The van der Waals surface area contributed by atoms with Gasteiger partial charge in [0.25, 0.3) is 0 Å². The molecule has 0 saturated heterocycles. The number of thiophene rings is 1. The van der Waals surface area contributed by atoms with Crippen LogP contribution in [0, 0.1) is 6.92 Å². The molecule has 0 aliphatic heterocycles. The van der Waals surface area contributed by atoms with Gasteiger partial charge in [0.05, 0.1) is 19.2 Å². The average molecular weight is 305 g/mol. The maximum atomic E-state index is 12.0. The van der Waals surface area contributed by atoms with E-state index >= 15 is 0 Å². The van der Waals surface area contributed by atoms with Gasteiger partial charge in [-0.2, -0.15) is 0 Å². The van der Waals surface area contributed by atoms with E-state index in [1.807, 2.05) is 0 Å². The Bertz CT molecular complexity index is 661. The van der Waals surface area contributed by atoms with Gasteiger partial charge < -0.3 is 15.2 Å². The lowest BCUT2D eigenvalue weighted by Crippen LogP contribution is -2.16. The van der Waals surface area contributed by atoms with Crippen LogP contribution in [0.5, 0.6) is 5.75 Å². The molecule has 110 valence electrons.